The highest BCUT2D eigenvalue weighted by Gasteiger charge is 2.25. The molecule has 29 heavy (non-hydrogen) atoms. The van der Waals surface area contributed by atoms with Crippen LogP contribution in [-0.4, -0.2) is 23.6 Å². The zero-order valence-corrected chi connectivity index (χ0v) is 17.1. The Morgan fingerprint density at radius 2 is 1.76 bits per heavy atom. The molecule has 0 bridgehead atoms. The van der Waals surface area contributed by atoms with Crippen molar-refractivity contribution in [2.45, 2.75) is 27.4 Å². The third kappa shape index (κ3) is 4.57. The lowest BCUT2D eigenvalue weighted by molar-refractivity contribution is -0.134. The van der Waals surface area contributed by atoms with Crippen LogP contribution in [0, 0.1) is 5.41 Å². The molecule has 1 heterocycles. The smallest absolute Gasteiger partial charge is 0.330 e. The number of benzene rings is 2. The van der Waals surface area contributed by atoms with E-state index < -0.39 is 11.4 Å². The van der Waals surface area contributed by atoms with Crippen molar-refractivity contribution in [3.8, 4) is 5.75 Å². The lowest BCUT2D eigenvalue weighted by Crippen LogP contribution is -2.26. The summed E-state index contributed by atoms with van der Waals surface area (Å²) in [5.74, 6) is 0.183. The predicted molar refractivity (Wildman–Crippen MR) is 114 cm³/mol. The summed E-state index contributed by atoms with van der Waals surface area (Å²) in [5.41, 5.74) is 1.94. The Bertz CT molecular complexity index is 1060. The molecule has 0 radical (unpaired) electrons. The lowest BCUT2D eigenvalue weighted by atomic mass is 9.95. The molecule has 0 spiro atoms. The van der Waals surface area contributed by atoms with Crippen LogP contribution in [0.3, 0.4) is 0 Å². The van der Waals surface area contributed by atoms with Gasteiger partial charge in [0.2, 0.25) is 5.91 Å². The largest absolute Gasteiger partial charge is 0.488 e. The van der Waals surface area contributed by atoms with E-state index in [0.29, 0.717) is 17.9 Å². The number of methoxy groups -OCH3 is 1. The summed E-state index contributed by atoms with van der Waals surface area (Å²) >= 11 is 0. The molecule has 0 aliphatic carbocycles. The highest BCUT2D eigenvalue weighted by Crippen LogP contribution is 2.33. The monoisotopic (exact) mass is 391 g/mol. The molecule has 0 saturated carbocycles. The molecule has 150 valence electrons. The van der Waals surface area contributed by atoms with E-state index in [-0.39, 0.29) is 5.91 Å². The summed E-state index contributed by atoms with van der Waals surface area (Å²) in [4.78, 5) is 24.5. The zero-order chi connectivity index (χ0) is 21.0. The number of aromatic nitrogens is 1. The molecule has 0 unspecified atom stereocenters. The zero-order valence-electron chi connectivity index (χ0n) is 17.1. The fraction of sp³-hybridized carbons (Fsp3) is 0.250. The van der Waals surface area contributed by atoms with E-state index in [1.54, 1.807) is 16.8 Å². The molecule has 0 fully saturated rings. The molecule has 3 rings (SSSR count). The normalized spacial score (nSPS) is 11.7. The van der Waals surface area contributed by atoms with Crippen LogP contribution in [0.25, 0.3) is 17.0 Å². The van der Waals surface area contributed by atoms with Gasteiger partial charge < -0.3 is 9.47 Å². The number of ether oxygens (including phenoxy) is 2. The molecular formula is C24H25NO4. The van der Waals surface area contributed by atoms with Crippen LogP contribution in [-0.2, 0) is 16.1 Å². The fourth-order valence-electron chi connectivity index (χ4n) is 3.01. The molecule has 0 aliphatic heterocycles. The van der Waals surface area contributed by atoms with E-state index >= 15 is 0 Å². The summed E-state index contributed by atoms with van der Waals surface area (Å²) < 4.78 is 12.4. The summed E-state index contributed by atoms with van der Waals surface area (Å²) in [6, 6.07) is 15.5. The van der Waals surface area contributed by atoms with Gasteiger partial charge in [0.25, 0.3) is 0 Å². The number of hydrogen-bond acceptors (Lipinski definition) is 4. The average molecular weight is 391 g/mol. The maximum absolute atomic E-state index is 13.0. The van der Waals surface area contributed by atoms with Gasteiger partial charge >= 0.3 is 5.97 Å². The van der Waals surface area contributed by atoms with Gasteiger partial charge in [-0.25, -0.2) is 4.79 Å². The van der Waals surface area contributed by atoms with Crippen LogP contribution in [0.2, 0.25) is 0 Å². The van der Waals surface area contributed by atoms with Crippen molar-refractivity contribution < 1.29 is 19.1 Å². The first-order valence-electron chi connectivity index (χ1n) is 9.43. The van der Waals surface area contributed by atoms with Gasteiger partial charge in [0.15, 0.2) is 0 Å². The van der Waals surface area contributed by atoms with Crippen LogP contribution in [0.5, 0.6) is 5.75 Å². The van der Waals surface area contributed by atoms with Gasteiger partial charge in [0.1, 0.15) is 12.4 Å². The molecule has 3 aromatic rings. The van der Waals surface area contributed by atoms with Crippen LogP contribution in [0.15, 0.2) is 60.8 Å². The summed E-state index contributed by atoms with van der Waals surface area (Å²) in [7, 11) is 1.33. The highest BCUT2D eigenvalue weighted by molar-refractivity contribution is 6.02. The number of carbonyl (C=O) groups is 2. The standard InChI is InChI=1S/C24H25NO4/c1-24(2,3)23(27)25-15-14-19-20(29-16-17-8-6-5-7-9-17)12-10-18(22(19)25)11-13-21(26)28-4/h5-15H,16H2,1-4H3/b13-11+. The number of nitrogens with zero attached hydrogens (tertiary/aromatic N) is 1. The van der Waals surface area contributed by atoms with E-state index in [9.17, 15) is 9.59 Å². The van der Waals surface area contributed by atoms with Gasteiger partial charge in [0, 0.05) is 23.1 Å². The van der Waals surface area contributed by atoms with Crippen LogP contribution < -0.4 is 4.74 Å². The Kier molecular flexibility index (Phi) is 5.87. The van der Waals surface area contributed by atoms with Crippen molar-refractivity contribution >= 4 is 28.9 Å². The van der Waals surface area contributed by atoms with Gasteiger partial charge in [0.05, 0.1) is 12.6 Å². The molecule has 0 N–H and O–H groups in total. The molecule has 0 atom stereocenters. The topological polar surface area (TPSA) is 57.5 Å². The van der Waals surface area contributed by atoms with Crippen molar-refractivity contribution in [2.75, 3.05) is 7.11 Å². The molecule has 1 aromatic heterocycles. The Balaban J connectivity index is 2.06. The third-order valence-corrected chi connectivity index (χ3v) is 4.54. The van der Waals surface area contributed by atoms with E-state index in [2.05, 4.69) is 4.74 Å². The van der Waals surface area contributed by atoms with Crippen molar-refractivity contribution in [3.63, 3.8) is 0 Å². The second-order valence-corrected chi connectivity index (χ2v) is 7.79. The minimum atomic E-state index is -0.559. The number of esters is 1. The number of hydrogen-bond donors (Lipinski definition) is 0. The maximum atomic E-state index is 13.0. The van der Waals surface area contributed by atoms with Crippen molar-refractivity contribution in [3.05, 3.63) is 71.9 Å². The van der Waals surface area contributed by atoms with Crippen LogP contribution in [0.1, 0.15) is 36.7 Å². The number of fused-ring (bicyclic) bond motifs is 1. The fourth-order valence-corrected chi connectivity index (χ4v) is 3.01. The first kappa shape index (κ1) is 20.4. The van der Waals surface area contributed by atoms with Crippen molar-refractivity contribution in [1.82, 2.24) is 4.57 Å². The SMILES string of the molecule is COC(=O)/C=C/c1ccc(OCc2ccccc2)c2ccn(C(=O)C(C)(C)C)c12. The quantitative estimate of drug-likeness (QED) is 0.449. The third-order valence-electron chi connectivity index (χ3n) is 4.54. The molecule has 0 aliphatic rings. The summed E-state index contributed by atoms with van der Waals surface area (Å²) in [6.07, 6.45) is 4.75. The molecule has 0 saturated heterocycles. The van der Waals surface area contributed by atoms with E-state index in [1.807, 2.05) is 69.3 Å². The van der Waals surface area contributed by atoms with Crippen LogP contribution >= 0.6 is 0 Å². The van der Waals surface area contributed by atoms with E-state index in [0.717, 1.165) is 16.5 Å². The second kappa shape index (κ2) is 8.35. The molecule has 2 aromatic carbocycles. The van der Waals surface area contributed by atoms with E-state index in [1.165, 1.54) is 13.2 Å². The van der Waals surface area contributed by atoms with Gasteiger partial charge in [-0.05, 0) is 35.4 Å². The second-order valence-electron chi connectivity index (χ2n) is 7.79. The minimum absolute atomic E-state index is 0.0413. The predicted octanol–water partition coefficient (Wildman–Crippen LogP) is 5.09. The van der Waals surface area contributed by atoms with Crippen molar-refractivity contribution in [2.24, 2.45) is 5.41 Å². The average Bonchev–Trinajstić information content (AvgIpc) is 3.15. The Hall–Kier alpha value is -3.34. The molecule has 5 heteroatoms. The van der Waals surface area contributed by atoms with Gasteiger partial charge in [-0.15, -0.1) is 0 Å². The van der Waals surface area contributed by atoms with Gasteiger partial charge in [-0.3, -0.25) is 9.36 Å². The Morgan fingerprint density at radius 3 is 2.41 bits per heavy atom. The molecular weight excluding hydrogens is 366 g/mol. The van der Waals surface area contributed by atoms with E-state index in [4.69, 9.17) is 4.74 Å². The Morgan fingerprint density at radius 1 is 1.03 bits per heavy atom. The summed E-state index contributed by atoms with van der Waals surface area (Å²) in [6.45, 7) is 6.05. The highest BCUT2D eigenvalue weighted by atomic mass is 16.5. The first-order valence-corrected chi connectivity index (χ1v) is 9.43. The van der Waals surface area contributed by atoms with Crippen molar-refractivity contribution in [1.29, 1.82) is 0 Å². The maximum Gasteiger partial charge on any atom is 0.330 e. The van der Waals surface area contributed by atoms with Crippen LogP contribution in [0.4, 0.5) is 0 Å². The summed E-state index contributed by atoms with van der Waals surface area (Å²) in [5, 5.41) is 0.811. The first-order chi connectivity index (χ1) is 13.8. The minimum Gasteiger partial charge on any atom is -0.488 e. The number of rotatable bonds is 5. The molecule has 0 amide bonds. The van der Waals surface area contributed by atoms with Gasteiger partial charge in [-0.1, -0.05) is 51.1 Å². The Labute approximate surface area is 170 Å². The van der Waals surface area contributed by atoms with Gasteiger partial charge in [-0.2, -0.15) is 0 Å². The number of carbonyl (C=O) groups excluding carboxylic acids is 2. The molecule has 5 nitrogen and oxygen atoms in total. The lowest BCUT2D eigenvalue weighted by Gasteiger charge is -2.19.